The quantitative estimate of drug-likeness (QED) is 0.533. The minimum atomic E-state index is 0.521. The molecule has 4 nitrogen and oxygen atoms in total. The minimum Gasteiger partial charge on any atom is -0.485 e. The van der Waals surface area contributed by atoms with Crippen molar-refractivity contribution in [2.75, 3.05) is 18.9 Å². The van der Waals surface area contributed by atoms with Crippen LogP contribution in [-0.4, -0.2) is 19.5 Å². The van der Waals surface area contributed by atoms with Crippen molar-refractivity contribution >= 4 is 41.5 Å². The molecule has 0 aliphatic carbocycles. The molecular formula is C17H15NO3S. The lowest BCUT2D eigenvalue weighted by atomic mass is 10.2. The number of aldehydes is 1. The summed E-state index contributed by atoms with van der Waals surface area (Å²) in [6.45, 7) is 1.05. The van der Waals surface area contributed by atoms with Gasteiger partial charge in [0.2, 0.25) is 0 Å². The van der Waals surface area contributed by atoms with Gasteiger partial charge in [0.05, 0.1) is 9.75 Å². The van der Waals surface area contributed by atoms with Crippen LogP contribution in [0.5, 0.6) is 11.5 Å². The Morgan fingerprint density at radius 2 is 1.59 bits per heavy atom. The molecule has 5 heteroatoms. The highest BCUT2D eigenvalue weighted by Gasteiger charge is 2.21. The van der Waals surface area contributed by atoms with Crippen molar-refractivity contribution in [1.82, 2.24) is 0 Å². The van der Waals surface area contributed by atoms with E-state index < -0.39 is 0 Å². The summed E-state index contributed by atoms with van der Waals surface area (Å²) >= 11 is 1.53. The first-order valence-corrected chi connectivity index (χ1v) is 7.67. The van der Waals surface area contributed by atoms with Gasteiger partial charge in [-0.1, -0.05) is 18.2 Å². The lowest BCUT2D eigenvalue weighted by molar-refractivity contribution is -0.104. The summed E-state index contributed by atoms with van der Waals surface area (Å²) in [6.07, 6.45) is 7.93. The zero-order valence-electron chi connectivity index (χ0n) is 11.8. The molecule has 2 aromatic rings. The number of ether oxygens (including phenoxy) is 2. The number of allylic oxidation sites excluding steroid dienone is 1. The number of hydrogen-bond donors (Lipinski definition) is 1. The Morgan fingerprint density at radius 3 is 2.23 bits per heavy atom. The van der Waals surface area contributed by atoms with Crippen molar-refractivity contribution in [2.45, 2.75) is 0 Å². The summed E-state index contributed by atoms with van der Waals surface area (Å²) in [4.78, 5) is 12.4. The number of rotatable bonds is 4. The molecule has 1 aromatic carbocycles. The number of anilines is 1. The van der Waals surface area contributed by atoms with Crippen LogP contribution < -0.4 is 15.2 Å². The zero-order chi connectivity index (χ0) is 15.4. The highest BCUT2D eigenvalue weighted by Crippen LogP contribution is 2.45. The molecule has 2 N–H and O–H groups in total. The Kier molecular flexibility index (Phi) is 4.25. The lowest BCUT2D eigenvalue weighted by Crippen LogP contribution is -2.14. The molecule has 3 rings (SSSR count). The van der Waals surface area contributed by atoms with Crippen LogP contribution in [0.15, 0.2) is 30.3 Å². The number of hydrogen-bond acceptors (Lipinski definition) is 5. The molecule has 2 heterocycles. The smallest absolute Gasteiger partial charge is 0.180 e. The predicted octanol–water partition coefficient (Wildman–Crippen LogP) is 3.48. The van der Waals surface area contributed by atoms with Crippen molar-refractivity contribution in [2.24, 2.45) is 0 Å². The first-order chi connectivity index (χ1) is 10.8. The van der Waals surface area contributed by atoms with E-state index in [-0.39, 0.29) is 0 Å². The van der Waals surface area contributed by atoms with Gasteiger partial charge in [0, 0.05) is 5.69 Å². The highest BCUT2D eigenvalue weighted by atomic mass is 32.1. The summed E-state index contributed by atoms with van der Waals surface area (Å²) in [7, 11) is 0. The zero-order valence-corrected chi connectivity index (χ0v) is 12.6. The van der Waals surface area contributed by atoms with Crippen LogP contribution in [0.4, 0.5) is 5.69 Å². The Morgan fingerprint density at radius 1 is 0.955 bits per heavy atom. The third-order valence-electron chi connectivity index (χ3n) is 3.14. The third kappa shape index (κ3) is 3.04. The number of fused-ring (bicyclic) bond motifs is 1. The van der Waals surface area contributed by atoms with Gasteiger partial charge >= 0.3 is 0 Å². The van der Waals surface area contributed by atoms with Gasteiger partial charge in [-0.15, -0.1) is 11.3 Å². The number of carbonyl (C=O) groups excluding carboxylic acids is 1. The third-order valence-corrected chi connectivity index (χ3v) is 4.22. The van der Waals surface area contributed by atoms with Gasteiger partial charge < -0.3 is 15.2 Å². The number of benzene rings is 1. The van der Waals surface area contributed by atoms with Crippen LogP contribution in [0.1, 0.15) is 15.3 Å². The van der Waals surface area contributed by atoms with E-state index in [1.807, 2.05) is 36.4 Å². The topological polar surface area (TPSA) is 61.6 Å². The average Bonchev–Trinajstić information content (AvgIpc) is 2.91. The second-order valence-corrected chi connectivity index (χ2v) is 5.76. The fourth-order valence-electron chi connectivity index (χ4n) is 2.12. The summed E-state index contributed by atoms with van der Waals surface area (Å²) < 4.78 is 11.4. The monoisotopic (exact) mass is 313 g/mol. The second-order valence-electron chi connectivity index (χ2n) is 4.68. The molecule has 0 bridgehead atoms. The van der Waals surface area contributed by atoms with Crippen LogP contribution in [-0.2, 0) is 4.79 Å². The molecular weight excluding hydrogens is 298 g/mol. The van der Waals surface area contributed by atoms with E-state index in [4.69, 9.17) is 15.2 Å². The van der Waals surface area contributed by atoms with Gasteiger partial charge in [-0.3, -0.25) is 4.79 Å². The number of thiophene rings is 1. The largest absolute Gasteiger partial charge is 0.485 e. The van der Waals surface area contributed by atoms with E-state index >= 15 is 0 Å². The normalized spacial score (nSPS) is 13.8. The molecule has 1 aliphatic heterocycles. The van der Waals surface area contributed by atoms with Crippen LogP contribution in [0.2, 0.25) is 0 Å². The Bertz CT molecular complexity index is 729. The van der Waals surface area contributed by atoms with E-state index in [2.05, 4.69) is 0 Å². The van der Waals surface area contributed by atoms with Crippen LogP contribution in [0, 0.1) is 0 Å². The van der Waals surface area contributed by atoms with Crippen LogP contribution >= 0.6 is 11.3 Å². The standard InChI is InChI=1S/C17H15NO3S/c18-13-6-3-12(4-7-13)5-8-15-17-16(20-10-11-21-17)14(22-15)2-1-9-19/h1-9H,10-11,18H2/b2-1+,8-5+. The molecule has 112 valence electrons. The van der Waals surface area contributed by atoms with Crippen LogP contribution in [0.25, 0.3) is 18.2 Å². The predicted molar refractivity (Wildman–Crippen MR) is 90.2 cm³/mol. The Labute approximate surface area is 132 Å². The van der Waals surface area contributed by atoms with E-state index in [9.17, 15) is 4.79 Å². The van der Waals surface area contributed by atoms with Crippen LogP contribution in [0.3, 0.4) is 0 Å². The Balaban J connectivity index is 1.92. The maximum atomic E-state index is 10.5. The van der Waals surface area contributed by atoms with Crippen molar-refractivity contribution in [3.63, 3.8) is 0 Å². The summed E-state index contributed by atoms with van der Waals surface area (Å²) in [6, 6.07) is 7.63. The molecule has 0 saturated carbocycles. The van der Waals surface area contributed by atoms with Gasteiger partial charge in [0.25, 0.3) is 0 Å². The fourth-order valence-corrected chi connectivity index (χ4v) is 3.13. The van der Waals surface area contributed by atoms with Crippen molar-refractivity contribution in [3.8, 4) is 11.5 Å². The van der Waals surface area contributed by atoms with Crippen molar-refractivity contribution in [1.29, 1.82) is 0 Å². The molecule has 1 aromatic heterocycles. The van der Waals surface area contributed by atoms with Crippen molar-refractivity contribution < 1.29 is 14.3 Å². The molecule has 0 spiro atoms. The number of carbonyl (C=O) groups is 1. The fraction of sp³-hybridized carbons (Fsp3) is 0.118. The van der Waals surface area contributed by atoms with Gasteiger partial charge in [-0.2, -0.15) is 0 Å². The van der Waals surface area contributed by atoms with E-state index in [1.165, 1.54) is 17.4 Å². The minimum absolute atomic E-state index is 0.521. The SMILES string of the molecule is Nc1ccc(/C=C/c2sc(/C=C/C=O)c3c2OCCO3)cc1. The maximum absolute atomic E-state index is 10.5. The molecule has 0 atom stereocenters. The molecule has 1 aliphatic rings. The summed E-state index contributed by atoms with van der Waals surface area (Å²) in [5.41, 5.74) is 7.47. The molecule has 0 saturated heterocycles. The molecule has 0 amide bonds. The van der Waals surface area contributed by atoms with Gasteiger partial charge in [-0.25, -0.2) is 0 Å². The van der Waals surface area contributed by atoms with Gasteiger partial charge in [0.1, 0.15) is 19.5 Å². The van der Waals surface area contributed by atoms with E-state index in [0.717, 1.165) is 33.0 Å². The van der Waals surface area contributed by atoms with Gasteiger partial charge in [0.15, 0.2) is 11.5 Å². The highest BCUT2D eigenvalue weighted by molar-refractivity contribution is 7.14. The molecule has 22 heavy (non-hydrogen) atoms. The first-order valence-electron chi connectivity index (χ1n) is 6.86. The van der Waals surface area contributed by atoms with Crippen molar-refractivity contribution in [3.05, 3.63) is 45.7 Å². The van der Waals surface area contributed by atoms with E-state index in [1.54, 1.807) is 6.08 Å². The summed E-state index contributed by atoms with van der Waals surface area (Å²) in [5.74, 6) is 1.46. The first kappa shape index (κ1) is 14.4. The molecule has 0 unspecified atom stereocenters. The average molecular weight is 313 g/mol. The number of nitrogen functional groups attached to an aromatic ring is 1. The van der Waals surface area contributed by atoms with Gasteiger partial charge in [-0.05, 0) is 35.9 Å². The lowest BCUT2D eigenvalue weighted by Gasteiger charge is -2.16. The molecule has 0 fully saturated rings. The number of nitrogens with two attached hydrogens (primary N) is 1. The summed E-state index contributed by atoms with van der Waals surface area (Å²) in [5, 5.41) is 0. The Hall–Kier alpha value is -2.53. The molecule has 0 radical (unpaired) electrons. The second kappa shape index (κ2) is 6.49. The van der Waals surface area contributed by atoms with E-state index in [0.29, 0.717) is 19.0 Å². The maximum Gasteiger partial charge on any atom is 0.180 e.